The minimum absolute atomic E-state index is 0.281. The minimum atomic E-state index is -0.730. The largest absolute Gasteiger partial charge is 0.444 e. The standard InChI is InChI=1S/C20H24ClN3O5S/c1-20(2,3)29-18(27)22-13-10-24(8-7-14(13)25)16-11(5-4-6-12(16)21)9-15-17(26)23-19(28)30-15/h4-6,9,13-14,25H,7-8,10H2,1-3H3,(H,22,27)(H,23,26,28)/b15-9-. The van der Waals surface area contributed by atoms with Crippen LogP contribution in [0.4, 0.5) is 15.3 Å². The predicted molar refractivity (Wildman–Crippen MR) is 117 cm³/mol. The average molecular weight is 454 g/mol. The summed E-state index contributed by atoms with van der Waals surface area (Å²) in [4.78, 5) is 37.8. The lowest BCUT2D eigenvalue weighted by Gasteiger charge is -2.39. The number of benzene rings is 1. The van der Waals surface area contributed by atoms with Gasteiger partial charge in [0.15, 0.2) is 0 Å². The molecule has 0 saturated carbocycles. The van der Waals surface area contributed by atoms with Crippen LogP contribution in [0.1, 0.15) is 32.8 Å². The maximum Gasteiger partial charge on any atom is 0.408 e. The Kier molecular flexibility index (Phi) is 6.64. The van der Waals surface area contributed by atoms with Gasteiger partial charge in [-0.1, -0.05) is 23.7 Å². The molecule has 0 spiro atoms. The van der Waals surface area contributed by atoms with Crippen molar-refractivity contribution in [2.75, 3.05) is 18.0 Å². The molecule has 2 heterocycles. The Morgan fingerprint density at radius 3 is 2.77 bits per heavy atom. The summed E-state index contributed by atoms with van der Waals surface area (Å²) >= 11 is 7.30. The molecule has 2 atom stereocenters. The molecule has 3 N–H and O–H groups in total. The summed E-state index contributed by atoms with van der Waals surface area (Å²) < 4.78 is 5.29. The lowest BCUT2D eigenvalue weighted by Crippen LogP contribution is -2.56. The van der Waals surface area contributed by atoms with Crippen LogP contribution in [0.3, 0.4) is 0 Å². The second-order valence-corrected chi connectivity index (χ2v) is 9.51. The Bertz CT molecular complexity index is 899. The van der Waals surface area contributed by atoms with Gasteiger partial charge in [-0.15, -0.1) is 0 Å². The van der Waals surface area contributed by atoms with Crippen molar-refractivity contribution in [1.82, 2.24) is 10.6 Å². The van der Waals surface area contributed by atoms with E-state index in [1.54, 1.807) is 45.0 Å². The van der Waals surface area contributed by atoms with E-state index < -0.39 is 35.0 Å². The number of rotatable bonds is 3. The van der Waals surface area contributed by atoms with Crippen LogP contribution < -0.4 is 15.5 Å². The number of halogens is 1. The number of hydrogen-bond donors (Lipinski definition) is 3. The molecule has 2 saturated heterocycles. The summed E-state index contributed by atoms with van der Waals surface area (Å²) in [5.41, 5.74) is 0.687. The van der Waals surface area contributed by atoms with E-state index in [1.165, 1.54) is 0 Å². The monoisotopic (exact) mass is 453 g/mol. The SMILES string of the molecule is CC(C)(C)OC(=O)NC1CN(c2c(Cl)cccc2/C=C2\SC(=O)NC2=O)CCC1O. The number of aliphatic hydroxyl groups is 1. The molecule has 30 heavy (non-hydrogen) atoms. The molecule has 0 aromatic heterocycles. The van der Waals surface area contributed by atoms with E-state index >= 15 is 0 Å². The van der Waals surface area contributed by atoms with Crippen molar-refractivity contribution < 1.29 is 24.2 Å². The molecule has 1 aromatic rings. The van der Waals surface area contributed by atoms with E-state index in [0.717, 1.165) is 11.8 Å². The molecule has 2 unspecified atom stereocenters. The van der Waals surface area contributed by atoms with Crippen LogP contribution in [0, 0.1) is 0 Å². The number of nitrogens with one attached hydrogen (secondary N) is 2. The second-order valence-electron chi connectivity index (χ2n) is 8.08. The predicted octanol–water partition coefficient (Wildman–Crippen LogP) is 3.13. The van der Waals surface area contributed by atoms with E-state index in [1.807, 2.05) is 4.90 Å². The number of ether oxygens (including phenoxy) is 1. The molecule has 0 aliphatic carbocycles. The molecule has 3 rings (SSSR count). The molecule has 162 valence electrons. The number of carbonyl (C=O) groups excluding carboxylic acids is 3. The first-order valence-corrected chi connectivity index (χ1v) is 10.7. The molecule has 3 amide bonds. The maximum atomic E-state index is 12.2. The molecule has 0 radical (unpaired) electrons. The summed E-state index contributed by atoms with van der Waals surface area (Å²) in [5, 5.41) is 15.4. The highest BCUT2D eigenvalue weighted by Gasteiger charge is 2.32. The van der Waals surface area contributed by atoms with E-state index in [2.05, 4.69) is 10.6 Å². The van der Waals surface area contributed by atoms with Crippen molar-refractivity contribution >= 4 is 52.4 Å². The van der Waals surface area contributed by atoms with Crippen LogP contribution in [0.5, 0.6) is 0 Å². The van der Waals surface area contributed by atoms with Gasteiger partial charge in [0.2, 0.25) is 0 Å². The molecular weight excluding hydrogens is 430 g/mol. The Morgan fingerprint density at radius 2 is 2.13 bits per heavy atom. The van der Waals surface area contributed by atoms with Crippen molar-refractivity contribution in [3.8, 4) is 0 Å². The fraction of sp³-hybridized carbons (Fsp3) is 0.450. The van der Waals surface area contributed by atoms with Crippen LogP contribution in [0.2, 0.25) is 5.02 Å². The lowest BCUT2D eigenvalue weighted by atomic mass is 10.00. The average Bonchev–Trinajstić information content (AvgIpc) is 2.93. The number of carbonyl (C=O) groups is 3. The quantitative estimate of drug-likeness (QED) is 0.603. The van der Waals surface area contributed by atoms with Gasteiger partial charge in [-0.25, -0.2) is 4.79 Å². The Hall–Kier alpha value is -2.23. The smallest absolute Gasteiger partial charge is 0.408 e. The third kappa shape index (κ3) is 5.47. The van der Waals surface area contributed by atoms with E-state index in [0.29, 0.717) is 35.8 Å². The zero-order valence-electron chi connectivity index (χ0n) is 16.9. The summed E-state index contributed by atoms with van der Waals surface area (Å²) in [5.74, 6) is -0.450. The first kappa shape index (κ1) is 22.5. The number of anilines is 1. The van der Waals surface area contributed by atoms with Crippen molar-refractivity contribution in [2.45, 2.75) is 44.9 Å². The van der Waals surface area contributed by atoms with Gasteiger partial charge in [-0.3, -0.25) is 14.9 Å². The van der Waals surface area contributed by atoms with Gasteiger partial charge in [-0.05, 0) is 51.1 Å². The normalized spacial score (nSPS) is 23.5. The number of para-hydroxylation sites is 1. The third-order valence-corrected chi connectivity index (χ3v) is 5.66. The fourth-order valence-electron chi connectivity index (χ4n) is 3.29. The van der Waals surface area contributed by atoms with Gasteiger partial charge < -0.3 is 20.1 Å². The highest BCUT2D eigenvalue weighted by Crippen LogP contribution is 2.35. The Balaban J connectivity index is 1.83. The third-order valence-electron chi connectivity index (χ3n) is 4.54. The van der Waals surface area contributed by atoms with Crippen LogP contribution in [0.25, 0.3) is 6.08 Å². The van der Waals surface area contributed by atoms with Crippen LogP contribution in [0.15, 0.2) is 23.1 Å². The van der Waals surface area contributed by atoms with Crippen molar-refractivity contribution in [3.05, 3.63) is 33.7 Å². The van der Waals surface area contributed by atoms with Crippen molar-refractivity contribution in [3.63, 3.8) is 0 Å². The highest BCUT2D eigenvalue weighted by molar-refractivity contribution is 8.18. The first-order chi connectivity index (χ1) is 14.0. The van der Waals surface area contributed by atoms with Crippen molar-refractivity contribution in [1.29, 1.82) is 0 Å². The van der Waals surface area contributed by atoms with Gasteiger partial charge in [0.25, 0.3) is 11.1 Å². The Labute approximate surface area is 184 Å². The van der Waals surface area contributed by atoms with Crippen LogP contribution in [-0.2, 0) is 9.53 Å². The van der Waals surface area contributed by atoms with E-state index in [9.17, 15) is 19.5 Å². The summed E-state index contributed by atoms with van der Waals surface area (Å²) in [6.45, 7) is 6.11. The molecule has 2 aliphatic heterocycles. The van der Waals surface area contributed by atoms with Gasteiger partial charge >= 0.3 is 6.09 Å². The number of imide groups is 1. The number of alkyl carbamates (subject to hydrolysis) is 1. The zero-order valence-corrected chi connectivity index (χ0v) is 18.5. The number of nitrogens with zero attached hydrogens (tertiary/aromatic N) is 1. The number of hydrogen-bond acceptors (Lipinski definition) is 7. The molecular formula is C20H24ClN3O5S. The maximum absolute atomic E-state index is 12.2. The van der Waals surface area contributed by atoms with E-state index in [4.69, 9.17) is 16.3 Å². The molecule has 0 bridgehead atoms. The Morgan fingerprint density at radius 1 is 1.40 bits per heavy atom. The lowest BCUT2D eigenvalue weighted by molar-refractivity contribution is -0.115. The summed E-state index contributed by atoms with van der Waals surface area (Å²) in [6.07, 6.45) is 0.697. The van der Waals surface area contributed by atoms with Crippen LogP contribution in [-0.4, -0.2) is 53.2 Å². The van der Waals surface area contributed by atoms with Gasteiger partial charge in [0.1, 0.15) is 5.60 Å². The number of aliphatic hydroxyl groups excluding tert-OH is 1. The molecule has 2 aliphatic rings. The number of piperidine rings is 1. The van der Waals surface area contributed by atoms with Gasteiger partial charge in [0, 0.05) is 18.7 Å². The molecule has 2 fully saturated rings. The van der Waals surface area contributed by atoms with E-state index in [-0.39, 0.29) is 4.91 Å². The minimum Gasteiger partial charge on any atom is -0.444 e. The molecule has 10 heteroatoms. The number of amides is 3. The van der Waals surface area contributed by atoms with Crippen molar-refractivity contribution in [2.24, 2.45) is 0 Å². The van der Waals surface area contributed by atoms with Gasteiger partial charge in [0.05, 0.1) is 27.8 Å². The highest BCUT2D eigenvalue weighted by atomic mass is 35.5. The fourth-order valence-corrected chi connectivity index (χ4v) is 4.26. The van der Waals surface area contributed by atoms with Crippen LogP contribution >= 0.6 is 23.4 Å². The summed E-state index contributed by atoms with van der Waals surface area (Å²) in [7, 11) is 0. The topological polar surface area (TPSA) is 108 Å². The van der Waals surface area contributed by atoms with Gasteiger partial charge in [-0.2, -0.15) is 0 Å². The summed E-state index contributed by atoms with van der Waals surface area (Å²) in [6, 6.07) is 4.72. The zero-order chi connectivity index (χ0) is 22.1. The molecule has 8 nitrogen and oxygen atoms in total. The second kappa shape index (κ2) is 8.87. The first-order valence-electron chi connectivity index (χ1n) is 9.49. The number of thioether (sulfide) groups is 1. The molecule has 1 aromatic carbocycles.